The van der Waals surface area contributed by atoms with Crippen molar-refractivity contribution in [3.8, 4) is 0 Å². The number of hydrogen-bond acceptors (Lipinski definition) is 3. The van der Waals surface area contributed by atoms with Crippen LogP contribution in [0.2, 0.25) is 0 Å². The number of nitrogens with one attached hydrogen (secondary N) is 1. The Morgan fingerprint density at radius 3 is 2.67 bits per heavy atom. The van der Waals surface area contributed by atoms with Gasteiger partial charge in [-0.3, -0.25) is 9.69 Å². The number of likely N-dealkylation sites (tertiary alicyclic amines) is 1. The highest BCUT2D eigenvalue weighted by Gasteiger charge is 2.22. The number of aliphatic hydroxyl groups is 1. The van der Waals surface area contributed by atoms with Crippen LogP contribution in [0.4, 0.5) is 0 Å². The Morgan fingerprint density at radius 2 is 2.00 bits per heavy atom. The first kappa shape index (κ1) is 18.4. The average molecular weight is 298 g/mol. The van der Waals surface area contributed by atoms with Crippen LogP contribution in [0.5, 0.6) is 0 Å². The second kappa shape index (κ2) is 10.2. The summed E-state index contributed by atoms with van der Waals surface area (Å²) in [6, 6.07) is 0.408. The predicted molar refractivity (Wildman–Crippen MR) is 87.2 cm³/mol. The molecule has 1 saturated heterocycles. The van der Waals surface area contributed by atoms with Crippen LogP contribution in [0.15, 0.2) is 0 Å². The van der Waals surface area contributed by atoms with Crippen LogP contribution in [0.1, 0.15) is 65.7 Å². The van der Waals surface area contributed by atoms with Crippen LogP contribution in [0.3, 0.4) is 0 Å². The van der Waals surface area contributed by atoms with E-state index in [0.717, 1.165) is 38.1 Å². The molecule has 0 aliphatic carbocycles. The summed E-state index contributed by atoms with van der Waals surface area (Å²) >= 11 is 0. The minimum absolute atomic E-state index is 0.104. The lowest BCUT2D eigenvalue weighted by molar-refractivity contribution is -0.123. The van der Waals surface area contributed by atoms with Crippen LogP contribution >= 0.6 is 0 Å². The first-order valence-corrected chi connectivity index (χ1v) is 8.67. The monoisotopic (exact) mass is 298 g/mol. The fourth-order valence-electron chi connectivity index (χ4n) is 3.06. The van der Waals surface area contributed by atoms with E-state index in [1.807, 2.05) is 0 Å². The number of carbonyl (C=O) groups is 1. The first-order chi connectivity index (χ1) is 10.0. The molecule has 21 heavy (non-hydrogen) atoms. The van der Waals surface area contributed by atoms with E-state index < -0.39 is 0 Å². The number of aliphatic hydroxyl groups excluding tert-OH is 1. The van der Waals surface area contributed by atoms with E-state index in [2.05, 4.69) is 31.0 Å². The maximum Gasteiger partial charge on any atom is 0.234 e. The molecular formula is C17H34N2O2. The Labute approximate surface area is 130 Å². The molecule has 0 saturated carbocycles. The molecule has 124 valence electrons. The Bertz CT molecular complexity index is 295. The molecule has 0 bridgehead atoms. The van der Waals surface area contributed by atoms with Crippen molar-refractivity contribution < 1.29 is 9.90 Å². The molecule has 4 nitrogen and oxygen atoms in total. The molecular weight excluding hydrogens is 264 g/mol. The van der Waals surface area contributed by atoms with E-state index in [1.54, 1.807) is 0 Å². The van der Waals surface area contributed by atoms with Gasteiger partial charge in [-0.25, -0.2) is 0 Å². The van der Waals surface area contributed by atoms with Gasteiger partial charge in [0.05, 0.1) is 13.2 Å². The van der Waals surface area contributed by atoms with Crippen LogP contribution in [-0.4, -0.2) is 47.7 Å². The van der Waals surface area contributed by atoms with Crippen molar-refractivity contribution in [2.24, 2.45) is 5.92 Å². The summed E-state index contributed by atoms with van der Waals surface area (Å²) in [5, 5.41) is 12.6. The van der Waals surface area contributed by atoms with Gasteiger partial charge >= 0.3 is 0 Å². The third-order valence-electron chi connectivity index (χ3n) is 4.38. The van der Waals surface area contributed by atoms with Crippen LogP contribution in [0, 0.1) is 5.92 Å². The molecule has 1 heterocycles. The number of hydrogen-bond donors (Lipinski definition) is 2. The molecule has 1 amide bonds. The van der Waals surface area contributed by atoms with Crippen molar-refractivity contribution >= 4 is 5.91 Å². The number of amides is 1. The highest BCUT2D eigenvalue weighted by molar-refractivity contribution is 5.78. The fourth-order valence-corrected chi connectivity index (χ4v) is 3.06. The van der Waals surface area contributed by atoms with Crippen LogP contribution in [-0.2, 0) is 4.79 Å². The Morgan fingerprint density at radius 1 is 1.24 bits per heavy atom. The van der Waals surface area contributed by atoms with Gasteiger partial charge in [0.25, 0.3) is 0 Å². The number of rotatable bonds is 8. The molecule has 1 aliphatic rings. The van der Waals surface area contributed by atoms with Gasteiger partial charge in [-0.15, -0.1) is 0 Å². The predicted octanol–water partition coefficient (Wildman–Crippen LogP) is 2.55. The lowest BCUT2D eigenvalue weighted by Gasteiger charge is -2.28. The van der Waals surface area contributed by atoms with Gasteiger partial charge in [0.15, 0.2) is 0 Å². The summed E-state index contributed by atoms with van der Waals surface area (Å²) in [5.41, 5.74) is 0. The normalized spacial score (nSPS) is 22.0. The largest absolute Gasteiger partial charge is 0.395 e. The lowest BCUT2D eigenvalue weighted by Crippen LogP contribution is -2.46. The topological polar surface area (TPSA) is 52.6 Å². The SMILES string of the molecule is CC(C)CCCC(C)NC(=O)CN1CCCCCC1CO. The molecule has 0 radical (unpaired) electrons. The zero-order valence-corrected chi connectivity index (χ0v) is 14.1. The van der Waals surface area contributed by atoms with Crippen molar-refractivity contribution in [2.45, 2.75) is 77.8 Å². The molecule has 2 N–H and O–H groups in total. The van der Waals surface area contributed by atoms with E-state index in [0.29, 0.717) is 6.54 Å². The van der Waals surface area contributed by atoms with Gasteiger partial charge in [0.1, 0.15) is 0 Å². The van der Waals surface area contributed by atoms with Crippen LogP contribution in [0.25, 0.3) is 0 Å². The van der Waals surface area contributed by atoms with Crippen molar-refractivity contribution in [3.05, 3.63) is 0 Å². The molecule has 2 atom stereocenters. The molecule has 0 aromatic carbocycles. The van der Waals surface area contributed by atoms with E-state index in [-0.39, 0.29) is 24.6 Å². The van der Waals surface area contributed by atoms with Gasteiger partial charge in [-0.2, -0.15) is 0 Å². The summed E-state index contributed by atoms with van der Waals surface area (Å²) in [6.07, 6.45) is 7.95. The summed E-state index contributed by atoms with van der Waals surface area (Å²) in [5.74, 6) is 0.836. The Kier molecular flexibility index (Phi) is 8.93. The molecule has 1 aliphatic heterocycles. The molecule has 0 aromatic rings. The van der Waals surface area contributed by atoms with Crippen molar-refractivity contribution in [1.29, 1.82) is 0 Å². The third kappa shape index (κ3) is 7.82. The Balaban J connectivity index is 2.30. The third-order valence-corrected chi connectivity index (χ3v) is 4.38. The van der Waals surface area contributed by atoms with Gasteiger partial charge < -0.3 is 10.4 Å². The molecule has 0 aromatic heterocycles. The molecule has 4 heteroatoms. The van der Waals surface area contributed by atoms with E-state index in [1.165, 1.54) is 19.3 Å². The molecule has 1 rings (SSSR count). The first-order valence-electron chi connectivity index (χ1n) is 8.67. The van der Waals surface area contributed by atoms with E-state index in [4.69, 9.17) is 0 Å². The highest BCUT2D eigenvalue weighted by Crippen LogP contribution is 2.16. The van der Waals surface area contributed by atoms with Crippen molar-refractivity contribution in [3.63, 3.8) is 0 Å². The van der Waals surface area contributed by atoms with Crippen molar-refractivity contribution in [2.75, 3.05) is 19.7 Å². The number of nitrogens with zero attached hydrogens (tertiary/aromatic N) is 1. The molecule has 1 fully saturated rings. The smallest absolute Gasteiger partial charge is 0.234 e. The van der Waals surface area contributed by atoms with E-state index in [9.17, 15) is 9.90 Å². The summed E-state index contributed by atoms with van der Waals surface area (Å²) < 4.78 is 0. The van der Waals surface area contributed by atoms with Gasteiger partial charge in [0.2, 0.25) is 5.91 Å². The fraction of sp³-hybridized carbons (Fsp3) is 0.941. The van der Waals surface area contributed by atoms with Gasteiger partial charge in [-0.1, -0.05) is 39.5 Å². The zero-order chi connectivity index (χ0) is 15.7. The summed E-state index contributed by atoms with van der Waals surface area (Å²) in [6.45, 7) is 8.08. The highest BCUT2D eigenvalue weighted by atomic mass is 16.3. The van der Waals surface area contributed by atoms with Crippen molar-refractivity contribution in [1.82, 2.24) is 10.2 Å². The average Bonchev–Trinajstić information content (AvgIpc) is 2.63. The second-order valence-corrected chi connectivity index (χ2v) is 6.95. The maximum atomic E-state index is 12.2. The quantitative estimate of drug-likeness (QED) is 0.724. The van der Waals surface area contributed by atoms with Gasteiger partial charge in [-0.05, 0) is 38.6 Å². The zero-order valence-electron chi connectivity index (χ0n) is 14.1. The Hall–Kier alpha value is -0.610. The molecule has 0 spiro atoms. The standard InChI is InChI=1S/C17H34N2O2/c1-14(2)8-7-9-15(3)18-17(21)12-19-11-6-4-5-10-16(19)13-20/h14-16,20H,4-13H2,1-3H3,(H,18,21). The second-order valence-electron chi connectivity index (χ2n) is 6.95. The minimum atomic E-state index is 0.104. The number of carbonyl (C=O) groups excluding carboxylic acids is 1. The minimum Gasteiger partial charge on any atom is -0.395 e. The van der Waals surface area contributed by atoms with Crippen LogP contribution < -0.4 is 5.32 Å². The molecule has 2 unspecified atom stereocenters. The summed E-state index contributed by atoms with van der Waals surface area (Å²) in [4.78, 5) is 14.3. The lowest BCUT2D eigenvalue weighted by atomic mass is 10.0. The van der Waals surface area contributed by atoms with Gasteiger partial charge in [0, 0.05) is 12.1 Å². The van der Waals surface area contributed by atoms with E-state index >= 15 is 0 Å². The maximum absolute atomic E-state index is 12.2. The summed E-state index contributed by atoms with van der Waals surface area (Å²) in [7, 11) is 0.